The lowest BCUT2D eigenvalue weighted by atomic mass is 9.89. The lowest BCUT2D eigenvalue weighted by molar-refractivity contribution is -0.152. The van der Waals surface area contributed by atoms with Crippen molar-refractivity contribution >= 4 is 39.4 Å². The van der Waals surface area contributed by atoms with Gasteiger partial charge in [-0.1, -0.05) is 259 Å². The van der Waals surface area contributed by atoms with Crippen LogP contribution in [0.2, 0.25) is 0 Å². The minimum atomic E-state index is -5.15. The van der Waals surface area contributed by atoms with Crippen molar-refractivity contribution < 1.29 is 81.4 Å². The van der Waals surface area contributed by atoms with Gasteiger partial charge in [-0.3, -0.25) is 28.2 Å². The number of nitrogens with one attached hydrogen (secondary N) is 2. The molecular formula is C66H130N2O17P2. The Morgan fingerprint density at radius 3 is 0.851 bits per heavy atom. The van der Waals surface area contributed by atoms with Crippen molar-refractivity contribution in [1.82, 2.24) is 10.6 Å². The Morgan fingerprint density at radius 1 is 0.368 bits per heavy atom. The zero-order valence-corrected chi connectivity index (χ0v) is 57.2. The summed E-state index contributed by atoms with van der Waals surface area (Å²) in [6.45, 7) is 3.40. The first-order valence-corrected chi connectivity index (χ1v) is 38.0. The molecule has 0 spiro atoms. The second-order valence-electron chi connectivity index (χ2n) is 25.3. The maximum Gasteiger partial charge on any atom is 0.469 e. The number of phosphoric ester groups is 2. The molecule has 0 fully saturated rings. The van der Waals surface area contributed by atoms with Gasteiger partial charge >= 0.3 is 27.6 Å². The molecule has 87 heavy (non-hydrogen) atoms. The molecule has 0 aromatic carbocycles. The molecule has 2 amide bonds. The number of phosphoric acid groups is 2. The van der Waals surface area contributed by atoms with Gasteiger partial charge in [0.1, 0.15) is 12.2 Å². The van der Waals surface area contributed by atoms with E-state index in [2.05, 4.69) is 38.3 Å². The monoisotopic (exact) mass is 1280 g/mol. The Hall–Kier alpha value is -2.02. The molecule has 0 bridgehead atoms. The Bertz CT molecular complexity index is 1630. The van der Waals surface area contributed by atoms with Crippen LogP contribution in [0, 0.1) is 10.8 Å². The average Bonchev–Trinajstić information content (AvgIpc) is 3.59. The number of unbranched alkanes of at least 4 members (excludes halogenated alkanes) is 36. The summed E-state index contributed by atoms with van der Waals surface area (Å²) in [5.41, 5.74) is -3.47. The molecular weight excluding hydrogens is 1150 g/mol. The van der Waals surface area contributed by atoms with E-state index < -0.39 is 103 Å². The van der Waals surface area contributed by atoms with Gasteiger partial charge in [-0.2, -0.15) is 0 Å². The van der Waals surface area contributed by atoms with E-state index in [9.17, 15) is 58.1 Å². The van der Waals surface area contributed by atoms with E-state index in [1.165, 1.54) is 141 Å². The fourth-order valence-electron chi connectivity index (χ4n) is 10.8. The summed E-state index contributed by atoms with van der Waals surface area (Å²) >= 11 is 0. The summed E-state index contributed by atoms with van der Waals surface area (Å²) in [5.74, 6) is -1.90. The molecule has 0 radical (unpaired) electrons. The molecule has 0 heterocycles. The van der Waals surface area contributed by atoms with E-state index in [0.717, 1.165) is 103 Å². The van der Waals surface area contributed by atoms with Gasteiger partial charge in [0.25, 0.3) is 0 Å². The quantitative estimate of drug-likeness (QED) is 0.0159. The highest BCUT2D eigenvalue weighted by Crippen LogP contribution is 2.40. The molecule has 0 aromatic rings. The molecule has 0 aromatic heterocycles. The predicted octanol–water partition coefficient (Wildman–Crippen LogP) is 15.3. The summed E-state index contributed by atoms with van der Waals surface area (Å²) < 4.78 is 51.6. The molecule has 0 saturated heterocycles. The van der Waals surface area contributed by atoms with Crippen molar-refractivity contribution in [2.45, 2.75) is 335 Å². The lowest BCUT2D eigenvalue weighted by Gasteiger charge is -2.35. The number of aliphatic hydroxyl groups is 2. The maximum absolute atomic E-state index is 13.7. The van der Waals surface area contributed by atoms with Crippen molar-refractivity contribution in [2.24, 2.45) is 10.8 Å². The summed E-state index contributed by atoms with van der Waals surface area (Å²) in [7, 11) is -10.3. The summed E-state index contributed by atoms with van der Waals surface area (Å²) in [4.78, 5) is 92.7. The molecule has 19 nitrogen and oxygen atoms in total. The minimum Gasteiger partial charge on any atom is -0.462 e. The highest BCUT2D eigenvalue weighted by molar-refractivity contribution is 7.46. The van der Waals surface area contributed by atoms with Gasteiger partial charge in [-0.15, -0.1) is 0 Å². The van der Waals surface area contributed by atoms with Crippen LogP contribution in [0.4, 0.5) is 0 Å². The molecule has 516 valence electrons. The topological polar surface area (TPSA) is 294 Å². The van der Waals surface area contributed by atoms with Gasteiger partial charge in [0.05, 0.1) is 63.3 Å². The van der Waals surface area contributed by atoms with Crippen LogP contribution in [0.3, 0.4) is 0 Å². The van der Waals surface area contributed by atoms with Crippen LogP contribution in [0.25, 0.3) is 0 Å². The first-order chi connectivity index (χ1) is 41.8. The van der Waals surface area contributed by atoms with Crippen LogP contribution in [-0.4, -0.2) is 118 Å². The number of hydrogen-bond acceptors (Lipinski definition) is 13. The highest BCUT2D eigenvalue weighted by atomic mass is 31.2. The molecule has 0 rings (SSSR count). The Balaban J connectivity index is 6.05. The van der Waals surface area contributed by atoms with E-state index in [0.29, 0.717) is 25.7 Å². The lowest BCUT2D eigenvalue weighted by Crippen LogP contribution is -2.50. The van der Waals surface area contributed by atoms with E-state index >= 15 is 0 Å². The minimum absolute atomic E-state index is 0.214. The van der Waals surface area contributed by atoms with E-state index in [1.807, 2.05) is 0 Å². The largest absolute Gasteiger partial charge is 0.469 e. The number of carbonyl (C=O) groups is 4. The van der Waals surface area contributed by atoms with Crippen molar-refractivity contribution in [3.05, 3.63) is 0 Å². The molecule has 0 aliphatic heterocycles. The number of aliphatic hydroxyl groups excluding tert-OH is 2. The average molecular weight is 1290 g/mol. The van der Waals surface area contributed by atoms with Crippen molar-refractivity contribution in [2.75, 3.05) is 52.7 Å². The molecule has 21 heteroatoms. The van der Waals surface area contributed by atoms with Crippen LogP contribution in [0.1, 0.15) is 323 Å². The van der Waals surface area contributed by atoms with Crippen LogP contribution >= 0.6 is 15.6 Å². The predicted molar refractivity (Wildman–Crippen MR) is 347 cm³/mol. The molecule has 0 aliphatic carbocycles. The first kappa shape index (κ1) is 85.0. The molecule has 8 N–H and O–H groups in total. The normalized spacial score (nSPS) is 14.1. The van der Waals surface area contributed by atoms with Crippen LogP contribution in [0.15, 0.2) is 0 Å². The smallest absolute Gasteiger partial charge is 0.462 e. The number of amides is 2. The van der Waals surface area contributed by atoms with Gasteiger partial charge in [-0.25, -0.2) is 9.13 Å². The van der Waals surface area contributed by atoms with E-state index in [1.54, 1.807) is 0 Å². The fraction of sp³-hybridized carbons (Fsp3) is 0.939. The van der Waals surface area contributed by atoms with Crippen molar-refractivity contribution in [3.63, 3.8) is 0 Å². The highest BCUT2D eigenvalue weighted by Gasteiger charge is 2.39. The van der Waals surface area contributed by atoms with Gasteiger partial charge < -0.3 is 54.6 Å². The van der Waals surface area contributed by atoms with Gasteiger partial charge in [-0.05, 0) is 38.5 Å². The van der Waals surface area contributed by atoms with Gasteiger partial charge in [0.15, 0.2) is 0 Å². The number of ether oxygens (including phenoxy) is 3. The third-order valence-corrected chi connectivity index (χ3v) is 17.5. The summed E-state index contributed by atoms with van der Waals surface area (Å²) in [6, 6.07) is 0. The van der Waals surface area contributed by atoms with Gasteiger partial charge in [0.2, 0.25) is 11.8 Å². The number of carbonyl (C=O) groups excluding carboxylic acids is 4. The summed E-state index contributed by atoms with van der Waals surface area (Å²) in [5, 5.41) is 27.1. The molecule has 0 saturated carbocycles. The second-order valence-corrected chi connectivity index (χ2v) is 27.8. The van der Waals surface area contributed by atoms with Crippen LogP contribution in [0.5, 0.6) is 0 Å². The zero-order chi connectivity index (χ0) is 64.6. The SMILES string of the molecule is CCCCCCCCCCCCCC(=O)O[C@H](CCCCCCCCCCC)CC(=O)NCC(CO)(COCC(CO)(CNC(=O)C[C@@H](CCCCCCCCCCC)OC(=O)CCCCCCCCCCCCC)COP(=O)(O)O)COP(=O)(O)O. The van der Waals surface area contributed by atoms with E-state index in [4.69, 9.17) is 23.3 Å². The zero-order valence-electron chi connectivity index (χ0n) is 55.4. The standard InChI is InChI=1S/C66H130N2O17P2/c1-5-9-13-17-21-25-27-31-35-39-43-47-63(73)84-59(45-41-37-33-29-23-19-15-11-7-3)49-61(71)67-51-65(53-69,57-82-86(75,76)77)55-81-56-66(54-70,58-83-87(78,79)80)52-68-62(72)50-60(46-42-38-34-30-24-20-16-12-8-4)85-64(74)48-44-40-36-32-28-26-22-18-14-10-6-2/h59-60,69-70H,5-58H2,1-4H3,(H,67,71)(H,68,72)(H2,75,76,77)(H2,78,79,80)/t59-,60-,65?,66?/m1/s1. The molecule has 0 aliphatic rings. The molecule has 2 unspecified atom stereocenters. The Labute approximate surface area is 528 Å². The van der Waals surface area contributed by atoms with Crippen LogP contribution < -0.4 is 10.6 Å². The van der Waals surface area contributed by atoms with Crippen molar-refractivity contribution in [3.8, 4) is 0 Å². The fourth-order valence-corrected chi connectivity index (χ4v) is 11.6. The summed E-state index contributed by atoms with van der Waals surface area (Å²) in [6.07, 6.45) is 43.8. The third-order valence-electron chi connectivity index (χ3n) is 16.5. The Kier molecular flexibility index (Phi) is 55.4. The second kappa shape index (κ2) is 56.7. The van der Waals surface area contributed by atoms with Crippen LogP contribution in [-0.2, 0) is 51.6 Å². The first-order valence-electron chi connectivity index (χ1n) is 34.9. The number of rotatable bonds is 66. The van der Waals surface area contributed by atoms with Gasteiger partial charge in [0, 0.05) is 25.9 Å². The molecule has 4 atom stereocenters. The maximum atomic E-state index is 13.7. The number of hydrogen-bond donors (Lipinski definition) is 8. The number of esters is 2. The van der Waals surface area contributed by atoms with Crippen molar-refractivity contribution in [1.29, 1.82) is 0 Å². The van der Waals surface area contributed by atoms with E-state index in [-0.39, 0.29) is 37.6 Å². The third kappa shape index (κ3) is 54.3. The Morgan fingerprint density at radius 2 is 0.609 bits per heavy atom.